The van der Waals surface area contributed by atoms with E-state index in [2.05, 4.69) is 0 Å². The Kier molecular flexibility index (Phi) is 3.67. The zero-order valence-electron chi connectivity index (χ0n) is 9.39. The van der Waals surface area contributed by atoms with Crippen LogP contribution in [-0.2, 0) is 0 Å². The van der Waals surface area contributed by atoms with Crippen LogP contribution in [0.3, 0.4) is 0 Å². The van der Waals surface area contributed by atoms with E-state index in [1.807, 2.05) is 0 Å². The van der Waals surface area contributed by atoms with Crippen LogP contribution in [0.2, 0.25) is 0 Å². The van der Waals surface area contributed by atoms with Crippen LogP contribution < -0.4 is 0 Å². The fraction of sp³-hybridized carbons (Fsp3) is 0.231. The summed E-state index contributed by atoms with van der Waals surface area (Å²) in [4.78, 5) is 0. The Bertz CT molecular complexity index is 597. The summed E-state index contributed by atoms with van der Waals surface area (Å²) in [5.74, 6) is -5.01. The maximum atomic E-state index is 13.5. The monoisotopic (exact) mass is 294 g/mol. The molecule has 1 unspecified atom stereocenters. The first kappa shape index (κ1) is 14.1. The van der Waals surface area contributed by atoms with Gasteiger partial charge in [-0.1, -0.05) is 30.3 Å². The van der Waals surface area contributed by atoms with Gasteiger partial charge in [0.2, 0.25) is 0 Å². The van der Waals surface area contributed by atoms with Crippen molar-refractivity contribution in [3.05, 3.63) is 47.8 Å². The third kappa shape index (κ3) is 2.39. The van der Waals surface area contributed by atoms with Crippen LogP contribution in [0, 0.1) is 5.82 Å². The standard InChI is InChI=1S/C13H8ClF5/c14-11(13(18,19)12(16)17)9-5-6-10(15)8-4-2-1-3-7(8)9/h1-6,11-12H. The van der Waals surface area contributed by atoms with E-state index in [9.17, 15) is 22.0 Å². The summed E-state index contributed by atoms with van der Waals surface area (Å²) in [6.07, 6.45) is -3.89. The van der Waals surface area contributed by atoms with E-state index in [0.29, 0.717) is 0 Å². The maximum absolute atomic E-state index is 13.5. The Balaban J connectivity index is 2.61. The third-order valence-corrected chi connectivity index (χ3v) is 3.33. The zero-order chi connectivity index (χ0) is 14.2. The van der Waals surface area contributed by atoms with Crippen LogP contribution in [0.4, 0.5) is 22.0 Å². The average molecular weight is 295 g/mol. The highest BCUT2D eigenvalue weighted by Gasteiger charge is 2.49. The summed E-state index contributed by atoms with van der Waals surface area (Å²) in [5.41, 5.74) is -0.219. The van der Waals surface area contributed by atoms with Crippen LogP contribution in [0.1, 0.15) is 10.9 Å². The van der Waals surface area contributed by atoms with Gasteiger partial charge in [0.15, 0.2) is 0 Å². The fourth-order valence-electron chi connectivity index (χ4n) is 1.82. The summed E-state index contributed by atoms with van der Waals surface area (Å²) < 4.78 is 64.7. The Morgan fingerprint density at radius 3 is 2.11 bits per heavy atom. The Hall–Kier alpha value is -1.36. The van der Waals surface area contributed by atoms with E-state index in [1.165, 1.54) is 24.3 Å². The molecule has 0 saturated carbocycles. The van der Waals surface area contributed by atoms with Crippen molar-refractivity contribution in [3.8, 4) is 0 Å². The lowest BCUT2D eigenvalue weighted by molar-refractivity contribution is -0.130. The molecular weight excluding hydrogens is 287 g/mol. The lowest BCUT2D eigenvalue weighted by atomic mass is 9.98. The van der Waals surface area contributed by atoms with E-state index in [0.717, 1.165) is 12.1 Å². The van der Waals surface area contributed by atoms with Gasteiger partial charge in [-0.15, -0.1) is 11.6 Å². The van der Waals surface area contributed by atoms with Crippen molar-refractivity contribution >= 4 is 22.4 Å². The number of alkyl halides is 5. The third-order valence-electron chi connectivity index (χ3n) is 2.81. The molecule has 0 bridgehead atoms. The van der Waals surface area contributed by atoms with Gasteiger partial charge in [0.25, 0.3) is 0 Å². The second kappa shape index (κ2) is 4.96. The summed E-state index contributed by atoms with van der Waals surface area (Å²) in [6, 6.07) is 7.70. The zero-order valence-corrected chi connectivity index (χ0v) is 10.1. The minimum atomic E-state index is -4.39. The van der Waals surface area contributed by atoms with Crippen LogP contribution in [0.25, 0.3) is 10.8 Å². The number of hydrogen-bond acceptors (Lipinski definition) is 0. The van der Waals surface area contributed by atoms with Crippen molar-refractivity contribution < 1.29 is 22.0 Å². The van der Waals surface area contributed by atoms with Crippen molar-refractivity contribution in [3.63, 3.8) is 0 Å². The first-order chi connectivity index (χ1) is 8.85. The Morgan fingerprint density at radius 2 is 1.53 bits per heavy atom. The largest absolute Gasteiger partial charge is 0.327 e. The maximum Gasteiger partial charge on any atom is 0.327 e. The molecule has 0 aliphatic rings. The molecular formula is C13H8ClF5. The highest BCUT2D eigenvalue weighted by atomic mass is 35.5. The van der Waals surface area contributed by atoms with Crippen molar-refractivity contribution in [1.29, 1.82) is 0 Å². The van der Waals surface area contributed by atoms with E-state index >= 15 is 0 Å². The summed E-state index contributed by atoms with van der Waals surface area (Å²) in [6.45, 7) is 0. The van der Waals surface area contributed by atoms with Gasteiger partial charge in [-0.25, -0.2) is 13.2 Å². The molecule has 0 radical (unpaired) electrons. The SMILES string of the molecule is Fc1ccc(C(Cl)C(F)(F)C(F)F)c2ccccc12. The minimum Gasteiger partial charge on any atom is -0.206 e. The van der Waals surface area contributed by atoms with Crippen molar-refractivity contribution in [2.24, 2.45) is 0 Å². The molecule has 0 spiro atoms. The number of benzene rings is 2. The molecule has 0 nitrogen and oxygen atoms in total. The van der Waals surface area contributed by atoms with Crippen LogP contribution in [0.15, 0.2) is 36.4 Å². The molecule has 0 aromatic heterocycles. The predicted octanol–water partition coefficient (Wildman–Crippen LogP) is 5.16. The van der Waals surface area contributed by atoms with Gasteiger partial charge in [0, 0.05) is 5.39 Å². The molecule has 0 saturated heterocycles. The number of halogens is 6. The van der Waals surface area contributed by atoms with Crippen molar-refractivity contribution in [2.45, 2.75) is 17.7 Å². The first-order valence-electron chi connectivity index (χ1n) is 5.33. The van der Waals surface area contributed by atoms with Gasteiger partial charge < -0.3 is 0 Å². The van der Waals surface area contributed by atoms with Gasteiger partial charge in [-0.05, 0) is 17.0 Å². The van der Waals surface area contributed by atoms with Crippen molar-refractivity contribution in [2.75, 3.05) is 0 Å². The van der Waals surface area contributed by atoms with Crippen LogP contribution in [-0.4, -0.2) is 12.3 Å². The number of rotatable bonds is 3. The molecule has 0 heterocycles. The number of hydrogen-bond donors (Lipinski definition) is 0. The van der Waals surface area contributed by atoms with E-state index in [1.54, 1.807) is 0 Å². The molecule has 2 aromatic carbocycles. The van der Waals surface area contributed by atoms with Crippen LogP contribution >= 0.6 is 11.6 Å². The molecule has 0 aliphatic heterocycles. The molecule has 6 heteroatoms. The summed E-state index contributed by atoms with van der Waals surface area (Å²) >= 11 is 5.47. The smallest absolute Gasteiger partial charge is 0.206 e. The predicted molar refractivity (Wildman–Crippen MR) is 63.5 cm³/mol. The van der Waals surface area contributed by atoms with E-state index in [4.69, 9.17) is 11.6 Å². The van der Waals surface area contributed by atoms with E-state index < -0.39 is 23.5 Å². The van der Waals surface area contributed by atoms with Gasteiger partial charge in [-0.3, -0.25) is 0 Å². The average Bonchev–Trinajstić information content (AvgIpc) is 2.38. The molecule has 0 N–H and O–H groups in total. The summed E-state index contributed by atoms with van der Waals surface area (Å²) in [7, 11) is 0. The fourth-order valence-corrected chi connectivity index (χ4v) is 2.11. The highest BCUT2D eigenvalue weighted by Crippen LogP contribution is 2.43. The summed E-state index contributed by atoms with van der Waals surface area (Å²) in [5, 5.41) is -2.06. The Labute approximate surface area is 110 Å². The van der Waals surface area contributed by atoms with Gasteiger partial charge in [0.05, 0.1) is 0 Å². The molecule has 102 valence electrons. The molecule has 0 fully saturated rings. The highest BCUT2D eigenvalue weighted by molar-refractivity contribution is 6.22. The second-order valence-corrected chi connectivity index (χ2v) is 4.46. The van der Waals surface area contributed by atoms with E-state index in [-0.39, 0.29) is 16.3 Å². The van der Waals surface area contributed by atoms with Gasteiger partial charge in [0.1, 0.15) is 11.2 Å². The molecule has 0 amide bonds. The second-order valence-electron chi connectivity index (χ2n) is 4.02. The van der Waals surface area contributed by atoms with Gasteiger partial charge >= 0.3 is 12.3 Å². The van der Waals surface area contributed by atoms with Crippen LogP contribution in [0.5, 0.6) is 0 Å². The first-order valence-corrected chi connectivity index (χ1v) is 5.76. The number of fused-ring (bicyclic) bond motifs is 1. The molecule has 0 aliphatic carbocycles. The molecule has 19 heavy (non-hydrogen) atoms. The molecule has 1 atom stereocenters. The van der Waals surface area contributed by atoms with Gasteiger partial charge in [-0.2, -0.15) is 8.78 Å². The lowest BCUT2D eigenvalue weighted by Gasteiger charge is -2.22. The van der Waals surface area contributed by atoms with Crippen molar-refractivity contribution in [1.82, 2.24) is 0 Å². The topological polar surface area (TPSA) is 0 Å². The normalized spacial score (nSPS) is 14.1. The Morgan fingerprint density at radius 1 is 0.947 bits per heavy atom. The lowest BCUT2D eigenvalue weighted by Crippen LogP contribution is -2.31. The molecule has 2 rings (SSSR count). The minimum absolute atomic E-state index is 0.0655. The quantitative estimate of drug-likeness (QED) is 0.542. The molecule has 2 aromatic rings.